The summed E-state index contributed by atoms with van der Waals surface area (Å²) in [6.45, 7) is 7.83. The second-order valence-corrected chi connectivity index (χ2v) is 5.00. The Kier molecular flexibility index (Phi) is 4.80. The van der Waals surface area contributed by atoms with E-state index < -0.39 is 0 Å². The molecule has 0 radical (unpaired) electrons. The monoisotopic (exact) mass is 274 g/mol. The average Bonchev–Trinajstić information content (AvgIpc) is 2.37. The van der Waals surface area contributed by atoms with Crippen molar-refractivity contribution in [3.8, 4) is 0 Å². The van der Waals surface area contributed by atoms with E-state index in [2.05, 4.69) is 34.9 Å². The Hall–Kier alpha value is -0.350. The molecule has 0 bridgehead atoms. The molecule has 0 amide bonds. The fourth-order valence-electron chi connectivity index (χ4n) is 1.32. The van der Waals surface area contributed by atoms with Crippen molar-refractivity contribution in [2.24, 2.45) is 13.0 Å². The van der Waals surface area contributed by atoms with Crippen LogP contribution in [0.3, 0.4) is 0 Å². The third-order valence-electron chi connectivity index (χ3n) is 2.34. The third-order valence-corrected chi connectivity index (χ3v) is 3.37. The molecule has 0 aliphatic carbocycles. The normalized spacial score (nSPS) is 11.3. The van der Waals surface area contributed by atoms with Gasteiger partial charge in [-0.2, -0.15) is 5.10 Å². The lowest BCUT2D eigenvalue weighted by molar-refractivity contribution is 0.105. The van der Waals surface area contributed by atoms with Gasteiger partial charge in [0.1, 0.15) is 0 Å². The first-order valence-corrected chi connectivity index (χ1v) is 6.07. The fraction of sp³-hybridized carbons (Fsp3) is 0.727. The molecule has 86 valence electrons. The van der Waals surface area contributed by atoms with Crippen LogP contribution < -0.4 is 0 Å². The molecule has 4 heteroatoms. The van der Waals surface area contributed by atoms with Crippen LogP contribution in [-0.4, -0.2) is 16.4 Å². The van der Waals surface area contributed by atoms with Crippen LogP contribution in [0.15, 0.2) is 4.47 Å². The highest BCUT2D eigenvalue weighted by Gasteiger charge is 2.10. The lowest BCUT2D eigenvalue weighted by Crippen LogP contribution is -2.04. The summed E-state index contributed by atoms with van der Waals surface area (Å²) in [6.07, 6.45) is 1.11. The molecule has 0 saturated carbocycles. The Labute approximate surface area is 99.9 Å². The average molecular weight is 275 g/mol. The van der Waals surface area contributed by atoms with E-state index in [1.165, 1.54) is 0 Å². The maximum atomic E-state index is 5.61. The van der Waals surface area contributed by atoms with Crippen LogP contribution in [0.5, 0.6) is 0 Å². The van der Waals surface area contributed by atoms with Crippen molar-refractivity contribution in [1.82, 2.24) is 9.78 Å². The highest BCUT2D eigenvalue weighted by atomic mass is 79.9. The van der Waals surface area contributed by atoms with E-state index in [-0.39, 0.29) is 0 Å². The zero-order valence-electron chi connectivity index (χ0n) is 9.88. The second-order valence-electron chi connectivity index (χ2n) is 4.20. The summed E-state index contributed by atoms with van der Waals surface area (Å²) >= 11 is 3.52. The van der Waals surface area contributed by atoms with Gasteiger partial charge in [0, 0.05) is 13.7 Å². The van der Waals surface area contributed by atoms with Crippen LogP contribution in [0.2, 0.25) is 0 Å². The summed E-state index contributed by atoms with van der Waals surface area (Å²) in [5.41, 5.74) is 2.12. The summed E-state index contributed by atoms with van der Waals surface area (Å²) in [7, 11) is 1.94. The zero-order valence-corrected chi connectivity index (χ0v) is 11.5. The topological polar surface area (TPSA) is 27.1 Å². The maximum Gasteiger partial charge on any atom is 0.0896 e. The summed E-state index contributed by atoms with van der Waals surface area (Å²) in [5, 5.41) is 4.31. The predicted molar refractivity (Wildman–Crippen MR) is 64.8 cm³/mol. The molecule has 0 saturated heterocycles. The molecular weight excluding hydrogens is 256 g/mol. The van der Waals surface area contributed by atoms with E-state index >= 15 is 0 Å². The number of halogens is 1. The van der Waals surface area contributed by atoms with Crippen molar-refractivity contribution < 1.29 is 4.74 Å². The van der Waals surface area contributed by atoms with E-state index in [1.54, 1.807) is 0 Å². The van der Waals surface area contributed by atoms with Crippen molar-refractivity contribution in [2.75, 3.05) is 6.61 Å². The SMILES string of the molecule is Cc1nn(C)c(COCCC(C)C)c1Br. The lowest BCUT2D eigenvalue weighted by atomic mass is 10.1. The quantitative estimate of drug-likeness (QED) is 0.772. The van der Waals surface area contributed by atoms with Gasteiger partial charge in [0.2, 0.25) is 0 Å². The molecule has 0 unspecified atom stereocenters. The Morgan fingerprint density at radius 1 is 1.47 bits per heavy atom. The molecule has 0 aliphatic rings. The van der Waals surface area contributed by atoms with Crippen LogP contribution in [0.25, 0.3) is 0 Å². The molecule has 1 rings (SSSR count). The number of ether oxygens (including phenoxy) is 1. The number of rotatable bonds is 5. The van der Waals surface area contributed by atoms with Crippen molar-refractivity contribution in [3.05, 3.63) is 15.9 Å². The highest BCUT2D eigenvalue weighted by molar-refractivity contribution is 9.10. The first-order valence-electron chi connectivity index (χ1n) is 5.28. The van der Waals surface area contributed by atoms with Gasteiger partial charge < -0.3 is 4.74 Å². The zero-order chi connectivity index (χ0) is 11.4. The molecule has 0 N–H and O–H groups in total. The number of hydrogen-bond acceptors (Lipinski definition) is 2. The van der Waals surface area contributed by atoms with Crippen molar-refractivity contribution in [2.45, 2.75) is 33.8 Å². The molecule has 1 aromatic heterocycles. The Morgan fingerprint density at radius 2 is 2.13 bits per heavy atom. The molecule has 1 heterocycles. The first kappa shape index (κ1) is 12.7. The third kappa shape index (κ3) is 3.61. The fourth-order valence-corrected chi connectivity index (χ4v) is 1.78. The Morgan fingerprint density at radius 3 is 2.60 bits per heavy atom. The minimum absolute atomic E-state index is 0.630. The highest BCUT2D eigenvalue weighted by Crippen LogP contribution is 2.20. The van der Waals surface area contributed by atoms with Gasteiger partial charge in [0.15, 0.2) is 0 Å². The van der Waals surface area contributed by atoms with E-state index in [0.29, 0.717) is 12.5 Å². The van der Waals surface area contributed by atoms with Crippen LogP contribution in [-0.2, 0) is 18.4 Å². The van der Waals surface area contributed by atoms with Gasteiger partial charge in [-0.15, -0.1) is 0 Å². The minimum Gasteiger partial charge on any atom is -0.375 e. The van der Waals surface area contributed by atoms with Crippen LogP contribution >= 0.6 is 15.9 Å². The maximum absolute atomic E-state index is 5.61. The molecule has 0 spiro atoms. The Balaban J connectivity index is 2.44. The van der Waals surface area contributed by atoms with Crippen LogP contribution in [0.4, 0.5) is 0 Å². The van der Waals surface area contributed by atoms with Gasteiger partial charge in [0.25, 0.3) is 0 Å². The molecule has 0 fully saturated rings. The smallest absolute Gasteiger partial charge is 0.0896 e. The molecule has 1 aromatic rings. The molecule has 0 atom stereocenters. The van der Waals surface area contributed by atoms with Crippen molar-refractivity contribution in [1.29, 1.82) is 0 Å². The van der Waals surface area contributed by atoms with Gasteiger partial charge in [0.05, 0.1) is 22.5 Å². The summed E-state index contributed by atoms with van der Waals surface area (Å²) < 4.78 is 8.55. The van der Waals surface area contributed by atoms with E-state index in [4.69, 9.17) is 4.74 Å². The lowest BCUT2D eigenvalue weighted by Gasteiger charge is -2.07. The van der Waals surface area contributed by atoms with Crippen LogP contribution in [0, 0.1) is 12.8 Å². The number of aromatic nitrogens is 2. The first-order chi connectivity index (χ1) is 7.02. The second kappa shape index (κ2) is 5.66. The van der Waals surface area contributed by atoms with E-state index in [1.807, 2.05) is 18.7 Å². The molecule has 15 heavy (non-hydrogen) atoms. The summed E-state index contributed by atoms with van der Waals surface area (Å²) in [4.78, 5) is 0. The largest absolute Gasteiger partial charge is 0.375 e. The molecule has 3 nitrogen and oxygen atoms in total. The van der Waals surface area contributed by atoms with Gasteiger partial charge in [-0.1, -0.05) is 13.8 Å². The number of nitrogens with zero attached hydrogens (tertiary/aromatic N) is 2. The molecule has 0 aliphatic heterocycles. The minimum atomic E-state index is 0.630. The summed E-state index contributed by atoms with van der Waals surface area (Å²) in [6, 6.07) is 0. The standard InChI is InChI=1S/C11H19BrN2O/c1-8(2)5-6-15-7-10-11(12)9(3)13-14(10)4/h8H,5-7H2,1-4H3. The molecular formula is C11H19BrN2O. The predicted octanol–water partition coefficient (Wildman–Crippen LogP) is 3.05. The molecule has 0 aromatic carbocycles. The summed E-state index contributed by atoms with van der Waals surface area (Å²) in [5.74, 6) is 0.696. The Bertz CT molecular complexity index is 321. The van der Waals surface area contributed by atoms with E-state index in [9.17, 15) is 0 Å². The number of hydrogen-bond donors (Lipinski definition) is 0. The number of aryl methyl sites for hydroxylation is 2. The van der Waals surface area contributed by atoms with Crippen LogP contribution in [0.1, 0.15) is 31.7 Å². The van der Waals surface area contributed by atoms with Gasteiger partial charge >= 0.3 is 0 Å². The van der Waals surface area contributed by atoms with Gasteiger partial charge in [-0.3, -0.25) is 4.68 Å². The van der Waals surface area contributed by atoms with Crippen molar-refractivity contribution in [3.63, 3.8) is 0 Å². The van der Waals surface area contributed by atoms with Crippen molar-refractivity contribution >= 4 is 15.9 Å². The van der Waals surface area contributed by atoms with E-state index in [0.717, 1.165) is 28.9 Å². The van der Waals surface area contributed by atoms with Gasteiger partial charge in [-0.25, -0.2) is 0 Å². The van der Waals surface area contributed by atoms with Gasteiger partial charge in [-0.05, 0) is 35.2 Å².